The second-order valence-electron chi connectivity index (χ2n) is 7.34. The number of aromatic nitrogens is 1. The van der Waals surface area contributed by atoms with Gasteiger partial charge < -0.3 is 26.3 Å². The van der Waals surface area contributed by atoms with E-state index in [4.69, 9.17) is 22.7 Å². The molecule has 2 aliphatic rings. The van der Waals surface area contributed by atoms with Crippen molar-refractivity contribution in [2.45, 2.75) is 18.3 Å². The van der Waals surface area contributed by atoms with Crippen LogP contribution in [-0.2, 0) is 14.4 Å². The number of fused-ring (bicyclic) bond motifs is 1. The Hall–Kier alpha value is -2.75. The summed E-state index contributed by atoms with van der Waals surface area (Å²) in [6.45, 7) is 2.36. The standard InChI is InChI=1S/C19H22ClN7O5S3/c1-8(21)26(2)4-6-33-5-3-9-7-34-17-12(16(29)27(17)13(9)18(30)31)23-15(28)11(25-32)10-14(20)35-19(22)24-10/h3,5,12,17,21,32H,4,6-7H2,1-2H3,(H2,22,24)(H,23,28)(H,30,31)/b5-3?,21-8?,25-11-/t12-,17-/m1/s1. The molecule has 16 heteroatoms. The predicted octanol–water partition coefficient (Wildman–Crippen LogP) is 1.47. The summed E-state index contributed by atoms with van der Waals surface area (Å²) >= 11 is 9.64. The average Bonchev–Trinajstić information content (AvgIpc) is 3.14. The van der Waals surface area contributed by atoms with E-state index < -0.39 is 34.9 Å². The summed E-state index contributed by atoms with van der Waals surface area (Å²) in [6.07, 6.45) is 1.67. The largest absolute Gasteiger partial charge is 0.477 e. The number of hydrogen-bond donors (Lipinski definition) is 5. The predicted molar refractivity (Wildman–Crippen MR) is 137 cm³/mol. The van der Waals surface area contributed by atoms with Crippen LogP contribution in [0.25, 0.3) is 0 Å². The van der Waals surface area contributed by atoms with Crippen LogP contribution in [0.15, 0.2) is 27.9 Å². The number of thioether (sulfide) groups is 2. The smallest absolute Gasteiger partial charge is 0.352 e. The van der Waals surface area contributed by atoms with Gasteiger partial charge in [-0.15, -0.1) is 23.5 Å². The maximum Gasteiger partial charge on any atom is 0.352 e. The molecule has 0 spiro atoms. The number of thiazole rings is 1. The number of β-lactam (4-membered cyclic amide) rings is 1. The molecule has 0 saturated carbocycles. The number of nitrogen functional groups attached to an aromatic ring is 1. The maximum absolute atomic E-state index is 12.8. The minimum absolute atomic E-state index is 0.0454. The van der Waals surface area contributed by atoms with Crippen LogP contribution in [0, 0.1) is 5.41 Å². The molecule has 1 saturated heterocycles. The number of nitrogens with zero attached hydrogens (tertiary/aromatic N) is 4. The second kappa shape index (κ2) is 11.3. The van der Waals surface area contributed by atoms with E-state index in [2.05, 4.69) is 15.5 Å². The second-order valence-corrected chi connectivity index (χ2v) is 11.1. The molecule has 3 heterocycles. The van der Waals surface area contributed by atoms with Crippen LogP contribution in [0.4, 0.5) is 5.13 Å². The van der Waals surface area contributed by atoms with Crippen molar-refractivity contribution in [3.63, 3.8) is 0 Å². The third-order valence-electron chi connectivity index (χ3n) is 5.11. The SMILES string of the molecule is CC(=N)N(C)CCSC=CC1=C(C(=O)O)N2C(=O)[C@@H](NC(=O)/C(=N\O)c3nc(N)sc3Cl)[C@H]2SC1. The van der Waals surface area contributed by atoms with Gasteiger partial charge in [-0.1, -0.05) is 28.1 Å². The molecule has 12 nitrogen and oxygen atoms in total. The van der Waals surface area contributed by atoms with Crippen molar-refractivity contribution in [1.29, 1.82) is 5.41 Å². The quantitative estimate of drug-likeness (QED) is 0.0740. The van der Waals surface area contributed by atoms with Gasteiger partial charge in [0.1, 0.15) is 27.1 Å². The number of halogens is 1. The van der Waals surface area contributed by atoms with Crippen LogP contribution in [0.3, 0.4) is 0 Å². The van der Waals surface area contributed by atoms with Crippen molar-refractivity contribution >= 4 is 80.9 Å². The van der Waals surface area contributed by atoms with Gasteiger partial charge in [-0.05, 0) is 24.0 Å². The van der Waals surface area contributed by atoms with E-state index in [1.54, 1.807) is 23.3 Å². The summed E-state index contributed by atoms with van der Waals surface area (Å²) in [6, 6.07) is -1.02. The molecule has 1 aromatic heterocycles. The Morgan fingerprint density at radius 1 is 1.51 bits per heavy atom. The van der Waals surface area contributed by atoms with Crippen LogP contribution >= 0.6 is 46.5 Å². The lowest BCUT2D eigenvalue weighted by atomic mass is 10.0. The summed E-state index contributed by atoms with van der Waals surface area (Å²) in [5, 5.41) is 33.2. The molecule has 0 radical (unpaired) electrons. The lowest BCUT2D eigenvalue weighted by molar-refractivity contribution is -0.150. The zero-order chi connectivity index (χ0) is 25.9. The normalized spacial score (nSPS) is 20.0. The first-order valence-electron chi connectivity index (χ1n) is 9.97. The van der Waals surface area contributed by atoms with Gasteiger partial charge in [0.15, 0.2) is 10.8 Å². The fourth-order valence-electron chi connectivity index (χ4n) is 3.20. The van der Waals surface area contributed by atoms with E-state index >= 15 is 0 Å². The zero-order valence-electron chi connectivity index (χ0n) is 18.5. The van der Waals surface area contributed by atoms with Crippen molar-refractivity contribution in [1.82, 2.24) is 20.1 Å². The van der Waals surface area contributed by atoms with Gasteiger partial charge in [0.25, 0.3) is 11.8 Å². The molecule has 0 aliphatic carbocycles. The number of rotatable bonds is 9. The summed E-state index contributed by atoms with van der Waals surface area (Å²) in [5.74, 6) is -1.28. The number of carbonyl (C=O) groups excluding carboxylic acids is 2. The van der Waals surface area contributed by atoms with Crippen molar-refractivity contribution in [3.05, 3.63) is 32.8 Å². The lowest BCUT2D eigenvalue weighted by Crippen LogP contribution is -2.71. The van der Waals surface area contributed by atoms with Crippen LogP contribution in [0.5, 0.6) is 0 Å². The fourth-order valence-corrected chi connectivity index (χ4v) is 6.22. The molecular formula is C19H22ClN7O5S3. The van der Waals surface area contributed by atoms with E-state index in [-0.39, 0.29) is 20.9 Å². The molecule has 1 aromatic rings. The number of carbonyl (C=O) groups is 3. The Labute approximate surface area is 217 Å². The van der Waals surface area contributed by atoms with Gasteiger partial charge in [-0.25, -0.2) is 9.78 Å². The molecule has 1 fully saturated rings. The molecule has 35 heavy (non-hydrogen) atoms. The van der Waals surface area contributed by atoms with Crippen LogP contribution in [0.2, 0.25) is 4.34 Å². The maximum atomic E-state index is 12.8. The van der Waals surface area contributed by atoms with Gasteiger partial charge in [0, 0.05) is 25.1 Å². The number of amidine groups is 1. The molecule has 3 rings (SSSR count). The average molecular weight is 560 g/mol. The number of carboxylic acids is 1. The Morgan fingerprint density at radius 2 is 2.23 bits per heavy atom. The van der Waals surface area contributed by atoms with Gasteiger partial charge in [0.2, 0.25) is 0 Å². The third-order valence-corrected chi connectivity index (χ3v) is 8.24. The van der Waals surface area contributed by atoms with Crippen molar-refractivity contribution in [3.8, 4) is 0 Å². The van der Waals surface area contributed by atoms with Gasteiger partial charge in [0.05, 0.1) is 5.84 Å². The Bertz CT molecular complexity index is 1150. The van der Waals surface area contributed by atoms with Crippen LogP contribution in [0.1, 0.15) is 12.6 Å². The molecule has 6 N–H and O–H groups in total. The number of carboxylic acid groups (broad SMARTS) is 1. The zero-order valence-corrected chi connectivity index (χ0v) is 21.7. The highest BCUT2D eigenvalue weighted by Crippen LogP contribution is 2.41. The first-order valence-corrected chi connectivity index (χ1v) is 13.3. The number of aliphatic carboxylic acids is 1. The van der Waals surface area contributed by atoms with E-state index in [1.165, 1.54) is 23.5 Å². The summed E-state index contributed by atoms with van der Waals surface area (Å²) in [7, 11) is 1.82. The van der Waals surface area contributed by atoms with E-state index in [0.29, 0.717) is 29.5 Å². The lowest BCUT2D eigenvalue weighted by Gasteiger charge is -2.49. The van der Waals surface area contributed by atoms with E-state index in [0.717, 1.165) is 16.2 Å². The molecule has 0 aromatic carbocycles. The van der Waals surface area contributed by atoms with E-state index in [1.807, 2.05) is 7.05 Å². The number of nitrogens with one attached hydrogen (secondary N) is 2. The van der Waals surface area contributed by atoms with Gasteiger partial charge >= 0.3 is 5.97 Å². The molecule has 0 bridgehead atoms. The molecular weight excluding hydrogens is 538 g/mol. The highest BCUT2D eigenvalue weighted by atomic mass is 35.5. The highest BCUT2D eigenvalue weighted by molar-refractivity contribution is 8.02. The molecule has 188 valence electrons. The molecule has 0 unspecified atom stereocenters. The number of hydrogen-bond acceptors (Lipinski definition) is 11. The number of nitrogens with two attached hydrogens (primary N) is 1. The van der Waals surface area contributed by atoms with Crippen LogP contribution in [-0.4, -0.2) is 90.9 Å². The van der Waals surface area contributed by atoms with Crippen molar-refractivity contribution in [2.75, 3.05) is 30.8 Å². The third kappa shape index (κ3) is 5.74. The topological polar surface area (TPSA) is 185 Å². The summed E-state index contributed by atoms with van der Waals surface area (Å²) < 4.78 is 0.0454. The monoisotopic (exact) mass is 559 g/mol. The van der Waals surface area contributed by atoms with Gasteiger partial charge in [-0.3, -0.25) is 19.9 Å². The number of oxime groups is 1. The summed E-state index contributed by atoms with van der Waals surface area (Å²) in [4.78, 5) is 44.2. The van der Waals surface area contributed by atoms with Crippen molar-refractivity contribution in [2.24, 2.45) is 5.16 Å². The van der Waals surface area contributed by atoms with E-state index in [9.17, 15) is 24.7 Å². The van der Waals surface area contributed by atoms with Crippen molar-refractivity contribution < 1.29 is 24.7 Å². The minimum Gasteiger partial charge on any atom is -0.477 e. The fraction of sp³-hybridized carbons (Fsp3) is 0.368. The minimum atomic E-state index is -1.25. The number of amides is 2. The molecule has 2 aliphatic heterocycles. The molecule has 2 amide bonds. The number of allylic oxidation sites excluding steroid dienone is 1. The Kier molecular flexibility index (Phi) is 8.69. The van der Waals surface area contributed by atoms with Gasteiger partial charge in [-0.2, -0.15) is 0 Å². The van der Waals surface area contributed by atoms with Crippen LogP contribution < -0.4 is 11.1 Å². The Balaban J connectivity index is 1.68. The highest BCUT2D eigenvalue weighted by Gasteiger charge is 2.54. The Morgan fingerprint density at radius 3 is 2.80 bits per heavy atom. The number of anilines is 1. The molecule has 2 atom stereocenters. The summed E-state index contributed by atoms with van der Waals surface area (Å²) in [5.41, 5.74) is 5.28. The first kappa shape index (κ1) is 26.8. The first-order chi connectivity index (χ1) is 16.6.